The second kappa shape index (κ2) is 5.52. The number of benzene rings is 2. The molecule has 0 spiro atoms. The summed E-state index contributed by atoms with van der Waals surface area (Å²) >= 11 is 0. The maximum atomic E-state index is 12.5. The molecule has 0 fully saturated rings. The zero-order chi connectivity index (χ0) is 14.8. The first kappa shape index (κ1) is 13.6. The molecule has 3 heteroatoms. The van der Waals surface area contributed by atoms with Crippen LogP contribution in [-0.2, 0) is 4.79 Å². The van der Waals surface area contributed by atoms with E-state index >= 15 is 0 Å². The first-order valence-electron chi connectivity index (χ1n) is 7.20. The predicted molar refractivity (Wildman–Crippen MR) is 84.8 cm³/mol. The van der Waals surface area contributed by atoms with Crippen LogP contribution >= 0.6 is 0 Å². The number of rotatable bonds is 2. The number of carbonyl (C=O) groups is 1. The van der Waals surface area contributed by atoms with Crippen LogP contribution in [0.15, 0.2) is 59.6 Å². The highest BCUT2D eigenvalue weighted by Crippen LogP contribution is 2.32. The van der Waals surface area contributed by atoms with Gasteiger partial charge in [-0.05, 0) is 11.6 Å². The molecule has 0 aliphatic carbocycles. The molecule has 0 aromatic heterocycles. The normalized spacial score (nSPS) is 17.8. The third-order valence-corrected chi connectivity index (χ3v) is 3.68. The Kier molecular flexibility index (Phi) is 3.57. The Bertz CT molecular complexity index is 689. The third-order valence-electron chi connectivity index (χ3n) is 3.68. The first-order chi connectivity index (χ1) is 10.2. The van der Waals surface area contributed by atoms with Crippen LogP contribution in [-0.4, -0.2) is 11.6 Å². The van der Waals surface area contributed by atoms with Crippen molar-refractivity contribution < 1.29 is 4.79 Å². The minimum Gasteiger partial charge on any atom is -0.340 e. The molecule has 106 valence electrons. The van der Waals surface area contributed by atoms with Crippen molar-refractivity contribution in [2.24, 2.45) is 10.9 Å². The molecular formula is C18H18N2O. The summed E-state index contributed by atoms with van der Waals surface area (Å²) in [5.41, 5.74) is 3.56. The summed E-state index contributed by atoms with van der Waals surface area (Å²) in [6.45, 7) is 3.98. The zero-order valence-corrected chi connectivity index (χ0v) is 12.2. The summed E-state index contributed by atoms with van der Waals surface area (Å²) in [5, 5.41) is 3.11. The molecule has 2 aromatic rings. The number of hydrogen-bond donors (Lipinski definition) is 1. The van der Waals surface area contributed by atoms with E-state index in [0.29, 0.717) is 5.71 Å². The van der Waals surface area contributed by atoms with Gasteiger partial charge in [-0.3, -0.25) is 4.79 Å². The molecule has 1 atom stereocenters. The van der Waals surface area contributed by atoms with E-state index in [9.17, 15) is 4.79 Å². The lowest BCUT2D eigenvalue weighted by Crippen LogP contribution is -2.35. The summed E-state index contributed by atoms with van der Waals surface area (Å²) in [7, 11) is 0. The fourth-order valence-corrected chi connectivity index (χ4v) is 2.60. The van der Waals surface area contributed by atoms with Gasteiger partial charge < -0.3 is 5.32 Å². The third kappa shape index (κ3) is 2.59. The summed E-state index contributed by atoms with van der Waals surface area (Å²) in [5.74, 6) is 0.00244. The number of nitrogens with one attached hydrogen (secondary N) is 1. The van der Waals surface area contributed by atoms with E-state index in [1.165, 1.54) is 0 Å². The molecule has 2 aromatic carbocycles. The second-order valence-electron chi connectivity index (χ2n) is 5.53. The number of nitrogens with zero attached hydrogens (tertiary/aromatic N) is 1. The van der Waals surface area contributed by atoms with Crippen molar-refractivity contribution in [1.82, 2.24) is 5.32 Å². The maximum absolute atomic E-state index is 12.5. The summed E-state index contributed by atoms with van der Waals surface area (Å²) in [6.07, 6.45) is 0. The lowest BCUT2D eigenvalue weighted by atomic mass is 9.97. The van der Waals surface area contributed by atoms with E-state index in [4.69, 9.17) is 0 Å². The van der Waals surface area contributed by atoms with Crippen molar-refractivity contribution in [3.63, 3.8) is 0 Å². The van der Waals surface area contributed by atoms with Crippen LogP contribution in [0.3, 0.4) is 0 Å². The number of carbonyl (C=O) groups excluding carboxylic acids is 1. The monoisotopic (exact) mass is 278 g/mol. The molecule has 3 rings (SSSR count). The molecule has 0 saturated carbocycles. The molecule has 1 aliphatic rings. The largest absolute Gasteiger partial charge is 0.340 e. The quantitative estimate of drug-likeness (QED) is 0.895. The predicted octanol–water partition coefficient (Wildman–Crippen LogP) is 3.63. The minimum absolute atomic E-state index is 0.0879. The van der Waals surface area contributed by atoms with Crippen molar-refractivity contribution in [2.45, 2.75) is 19.9 Å². The lowest BCUT2D eigenvalue weighted by Gasteiger charge is -2.19. The molecule has 21 heavy (non-hydrogen) atoms. The van der Waals surface area contributed by atoms with Crippen molar-refractivity contribution in [3.8, 4) is 0 Å². The van der Waals surface area contributed by atoms with Gasteiger partial charge in [0.2, 0.25) is 0 Å². The highest BCUT2D eigenvalue weighted by Gasteiger charge is 2.27. The van der Waals surface area contributed by atoms with Crippen LogP contribution in [0.4, 0.5) is 5.69 Å². The fraction of sp³-hybridized carbons (Fsp3) is 0.222. The fourth-order valence-electron chi connectivity index (χ4n) is 2.60. The number of hydrogen-bond acceptors (Lipinski definition) is 2. The van der Waals surface area contributed by atoms with Gasteiger partial charge in [-0.1, -0.05) is 62.4 Å². The smallest absolute Gasteiger partial charge is 0.266 e. The zero-order valence-electron chi connectivity index (χ0n) is 12.2. The van der Waals surface area contributed by atoms with Gasteiger partial charge >= 0.3 is 0 Å². The number of para-hydroxylation sites is 1. The Morgan fingerprint density at radius 3 is 2.38 bits per heavy atom. The van der Waals surface area contributed by atoms with Gasteiger partial charge in [0, 0.05) is 11.5 Å². The highest BCUT2D eigenvalue weighted by molar-refractivity contribution is 6.40. The number of amides is 1. The molecule has 1 heterocycles. The summed E-state index contributed by atoms with van der Waals surface area (Å²) in [4.78, 5) is 17.1. The Balaban J connectivity index is 2.14. The van der Waals surface area contributed by atoms with Gasteiger partial charge in [-0.2, -0.15) is 0 Å². The van der Waals surface area contributed by atoms with E-state index in [0.717, 1.165) is 16.8 Å². The molecule has 0 bridgehead atoms. The highest BCUT2D eigenvalue weighted by atomic mass is 16.2. The van der Waals surface area contributed by atoms with Gasteiger partial charge in [0.05, 0.1) is 11.7 Å². The Labute approximate surface area is 124 Å². The Hall–Kier alpha value is -2.42. The average molecular weight is 278 g/mol. The molecular weight excluding hydrogens is 260 g/mol. The minimum atomic E-state index is -0.158. The van der Waals surface area contributed by atoms with E-state index in [-0.39, 0.29) is 17.9 Å². The van der Waals surface area contributed by atoms with Crippen molar-refractivity contribution in [3.05, 3.63) is 65.7 Å². The molecule has 1 N–H and O–H groups in total. The molecule has 0 saturated heterocycles. The van der Waals surface area contributed by atoms with Crippen molar-refractivity contribution >= 4 is 17.3 Å². The van der Waals surface area contributed by atoms with Gasteiger partial charge in [0.15, 0.2) is 0 Å². The number of aliphatic imine (C=N–C) groups is 1. The van der Waals surface area contributed by atoms with Crippen LogP contribution in [0.1, 0.15) is 31.0 Å². The van der Waals surface area contributed by atoms with Crippen LogP contribution in [0, 0.1) is 5.92 Å². The lowest BCUT2D eigenvalue weighted by molar-refractivity contribution is -0.115. The Morgan fingerprint density at radius 1 is 1.00 bits per heavy atom. The SMILES string of the molecule is CC(C)C1=Nc2ccccc2C(c2ccccc2)NC1=O. The van der Waals surface area contributed by atoms with Crippen LogP contribution < -0.4 is 5.32 Å². The average Bonchev–Trinajstić information content (AvgIpc) is 2.65. The second-order valence-corrected chi connectivity index (χ2v) is 5.53. The summed E-state index contributed by atoms with van der Waals surface area (Å²) in [6, 6.07) is 17.8. The summed E-state index contributed by atoms with van der Waals surface area (Å²) < 4.78 is 0. The first-order valence-corrected chi connectivity index (χ1v) is 7.20. The van der Waals surface area contributed by atoms with Crippen molar-refractivity contribution in [1.29, 1.82) is 0 Å². The van der Waals surface area contributed by atoms with E-state index < -0.39 is 0 Å². The van der Waals surface area contributed by atoms with E-state index in [1.807, 2.05) is 68.4 Å². The molecule has 1 unspecified atom stereocenters. The standard InChI is InChI=1S/C18H18N2O/c1-12(2)16-18(21)20-17(13-8-4-3-5-9-13)14-10-6-7-11-15(14)19-16/h3-12,17H,1-2H3,(H,20,21). The van der Waals surface area contributed by atoms with Crippen LogP contribution in [0.5, 0.6) is 0 Å². The topological polar surface area (TPSA) is 41.5 Å². The Morgan fingerprint density at radius 2 is 1.67 bits per heavy atom. The van der Waals surface area contributed by atoms with Gasteiger partial charge in [-0.15, -0.1) is 0 Å². The van der Waals surface area contributed by atoms with Crippen LogP contribution in [0.2, 0.25) is 0 Å². The maximum Gasteiger partial charge on any atom is 0.266 e. The van der Waals surface area contributed by atoms with E-state index in [2.05, 4.69) is 10.3 Å². The van der Waals surface area contributed by atoms with Gasteiger partial charge in [-0.25, -0.2) is 4.99 Å². The van der Waals surface area contributed by atoms with Gasteiger partial charge in [0.1, 0.15) is 5.71 Å². The van der Waals surface area contributed by atoms with E-state index in [1.54, 1.807) is 0 Å². The molecule has 1 aliphatic heterocycles. The molecule has 0 radical (unpaired) electrons. The number of fused-ring (bicyclic) bond motifs is 1. The molecule has 3 nitrogen and oxygen atoms in total. The van der Waals surface area contributed by atoms with Crippen LogP contribution in [0.25, 0.3) is 0 Å². The molecule has 1 amide bonds. The van der Waals surface area contributed by atoms with Gasteiger partial charge in [0.25, 0.3) is 5.91 Å². The van der Waals surface area contributed by atoms with Crippen molar-refractivity contribution in [2.75, 3.05) is 0 Å².